The van der Waals surface area contributed by atoms with Crippen molar-refractivity contribution in [3.05, 3.63) is 95.0 Å². The summed E-state index contributed by atoms with van der Waals surface area (Å²) in [6.45, 7) is 5.85. The maximum absolute atomic E-state index is 14.0. The second-order valence-electron chi connectivity index (χ2n) is 9.29. The molecule has 0 saturated heterocycles. The lowest BCUT2D eigenvalue weighted by molar-refractivity contribution is -0.139. The Morgan fingerprint density at radius 1 is 0.949 bits per heavy atom. The number of hydrogen-bond acceptors (Lipinski definition) is 4. The Morgan fingerprint density at radius 2 is 1.59 bits per heavy atom. The minimum atomic E-state index is -4.11. The van der Waals surface area contributed by atoms with Gasteiger partial charge in [-0.1, -0.05) is 74.0 Å². The number of carbonyl (C=O) groups excluding carboxylic acids is 2. The monoisotopic (exact) mass is 569 g/mol. The fraction of sp³-hybridized carbons (Fsp3) is 0.333. The fourth-order valence-electron chi connectivity index (χ4n) is 4.39. The van der Waals surface area contributed by atoms with Crippen LogP contribution in [0.15, 0.2) is 83.8 Å². The van der Waals surface area contributed by atoms with E-state index in [0.29, 0.717) is 35.7 Å². The van der Waals surface area contributed by atoms with Crippen LogP contribution in [-0.4, -0.2) is 50.8 Å². The van der Waals surface area contributed by atoms with Crippen LogP contribution in [0.5, 0.6) is 0 Å². The third kappa shape index (κ3) is 7.83. The van der Waals surface area contributed by atoms with Gasteiger partial charge in [-0.2, -0.15) is 0 Å². The summed E-state index contributed by atoms with van der Waals surface area (Å²) in [5.74, 6) is -0.709. The second kappa shape index (κ2) is 14.1. The normalized spacial score (nSPS) is 12.0. The molecule has 3 aromatic carbocycles. The van der Waals surface area contributed by atoms with Crippen molar-refractivity contribution in [1.29, 1.82) is 0 Å². The average molecular weight is 570 g/mol. The van der Waals surface area contributed by atoms with E-state index in [1.165, 1.54) is 17.0 Å². The van der Waals surface area contributed by atoms with Gasteiger partial charge in [-0.15, -0.1) is 0 Å². The second-order valence-corrected chi connectivity index (χ2v) is 11.6. The lowest BCUT2D eigenvalue weighted by Crippen LogP contribution is -2.53. The third-order valence-electron chi connectivity index (χ3n) is 6.46. The molecule has 0 aliphatic carbocycles. The molecule has 1 atom stereocenters. The van der Waals surface area contributed by atoms with Crippen LogP contribution in [0, 0.1) is 6.92 Å². The summed E-state index contributed by atoms with van der Waals surface area (Å²) < 4.78 is 28.8. The highest BCUT2D eigenvalue weighted by Gasteiger charge is 2.33. The van der Waals surface area contributed by atoms with Gasteiger partial charge in [0.1, 0.15) is 12.6 Å². The van der Waals surface area contributed by atoms with Gasteiger partial charge >= 0.3 is 0 Å². The van der Waals surface area contributed by atoms with E-state index in [9.17, 15) is 18.0 Å². The van der Waals surface area contributed by atoms with Crippen LogP contribution in [0.3, 0.4) is 0 Å². The molecule has 7 nitrogen and oxygen atoms in total. The summed E-state index contributed by atoms with van der Waals surface area (Å²) in [6, 6.07) is 21.8. The maximum Gasteiger partial charge on any atom is 0.264 e. The fourth-order valence-corrected chi connectivity index (χ4v) is 6.12. The molecule has 1 N–H and O–H groups in total. The van der Waals surface area contributed by atoms with Gasteiger partial charge in [0.25, 0.3) is 10.0 Å². The van der Waals surface area contributed by atoms with Gasteiger partial charge in [0.05, 0.1) is 10.6 Å². The Labute approximate surface area is 236 Å². The van der Waals surface area contributed by atoms with Crippen LogP contribution in [0.2, 0.25) is 5.02 Å². The van der Waals surface area contributed by atoms with Crippen molar-refractivity contribution in [2.45, 2.75) is 51.0 Å². The predicted molar refractivity (Wildman–Crippen MR) is 156 cm³/mol. The molecule has 0 saturated carbocycles. The van der Waals surface area contributed by atoms with Crippen LogP contribution in [0.1, 0.15) is 37.8 Å². The number of nitrogens with zero attached hydrogens (tertiary/aromatic N) is 2. The van der Waals surface area contributed by atoms with Crippen molar-refractivity contribution in [1.82, 2.24) is 10.2 Å². The molecule has 0 fully saturated rings. The van der Waals surface area contributed by atoms with E-state index in [1.54, 1.807) is 43.3 Å². The number of sulfonamides is 1. The number of aryl methyl sites for hydroxylation is 1. The highest BCUT2D eigenvalue weighted by atomic mass is 35.5. The van der Waals surface area contributed by atoms with Gasteiger partial charge < -0.3 is 10.2 Å². The Balaban J connectivity index is 2.02. The zero-order chi connectivity index (χ0) is 28.4. The molecule has 0 aliphatic rings. The summed E-state index contributed by atoms with van der Waals surface area (Å²) >= 11 is 6.16. The van der Waals surface area contributed by atoms with Gasteiger partial charge in [-0.25, -0.2) is 8.42 Å². The Hall–Kier alpha value is -3.36. The minimum Gasteiger partial charge on any atom is -0.354 e. The summed E-state index contributed by atoms with van der Waals surface area (Å²) in [7, 11) is -4.11. The molecule has 0 unspecified atom stereocenters. The standard InChI is InChI=1S/C30H36ClN3O4S/c1-4-19-32-30(36)27(5-2)33(20-18-24-12-8-6-9-13-24)29(35)22-34(28-17-16-25(31)21-23(28)3)39(37,38)26-14-10-7-11-15-26/h6-17,21,27H,4-5,18-20,22H2,1-3H3,(H,32,36)/t27-/m0/s1. The first-order chi connectivity index (χ1) is 18.7. The molecule has 3 rings (SSSR count). The molecule has 0 radical (unpaired) electrons. The predicted octanol–water partition coefficient (Wildman–Crippen LogP) is 5.22. The van der Waals surface area contributed by atoms with E-state index in [4.69, 9.17) is 11.6 Å². The van der Waals surface area contributed by atoms with Gasteiger partial charge in [-0.3, -0.25) is 13.9 Å². The molecular weight excluding hydrogens is 534 g/mol. The first-order valence-electron chi connectivity index (χ1n) is 13.1. The molecule has 39 heavy (non-hydrogen) atoms. The van der Waals surface area contributed by atoms with E-state index in [-0.39, 0.29) is 17.3 Å². The van der Waals surface area contributed by atoms with Gasteiger partial charge in [0.2, 0.25) is 11.8 Å². The molecule has 9 heteroatoms. The van der Waals surface area contributed by atoms with E-state index in [2.05, 4.69) is 5.32 Å². The average Bonchev–Trinajstić information content (AvgIpc) is 2.94. The summed E-state index contributed by atoms with van der Waals surface area (Å²) in [5.41, 5.74) is 1.97. The van der Waals surface area contributed by atoms with Crippen LogP contribution >= 0.6 is 11.6 Å². The lowest BCUT2D eigenvalue weighted by Gasteiger charge is -2.33. The first-order valence-corrected chi connectivity index (χ1v) is 15.0. The molecule has 2 amide bonds. The highest BCUT2D eigenvalue weighted by molar-refractivity contribution is 7.92. The Kier molecular flexibility index (Phi) is 10.9. The third-order valence-corrected chi connectivity index (χ3v) is 8.47. The van der Waals surface area contributed by atoms with Crippen molar-refractivity contribution >= 4 is 39.1 Å². The number of amides is 2. The molecular formula is C30H36ClN3O4S. The number of rotatable bonds is 13. The van der Waals surface area contributed by atoms with E-state index < -0.39 is 28.5 Å². The van der Waals surface area contributed by atoms with Crippen LogP contribution in [0.4, 0.5) is 5.69 Å². The Morgan fingerprint density at radius 3 is 2.18 bits per heavy atom. The van der Waals surface area contributed by atoms with E-state index in [0.717, 1.165) is 16.3 Å². The number of halogens is 1. The molecule has 0 heterocycles. The van der Waals surface area contributed by atoms with Gasteiger partial charge in [0.15, 0.2) is 0 Å². The molecule has 3 aromatic rings. The number of nitrogens with one attached hydrogen (secondary N) is 1. The highest BCUT2D eigenvalue weighted by Crippen LogP contribution is 2.29. The van der Waals surface area contributed by atoms with E-state index in [1.807, 2.05) is 44.2 Å². The number of carbonyl (C=O) groups is 2. The summed E-state index contributed by atoms with van der Waals surface area (Å²) in [4.78, 5) is 28.7. The molecule has 0 bridgehead atoms. The molecule has 0 aliphatic heterocycles. The Bertz CT molecular complexity index is 1350. The number of benzene rings is 3. The van der Waals surface area contributed by atoms with Crippen molar-refractivity contribution in [3.8, 4) is 0 Å². The SMILES string of the molecule is CCCNC(=O)[C@H](CC)N(CCc1ccccc1)C(=O)CN(c1ccc(Cl)cc1C)S(=O)(=O)c1ccccc1. The zero-order valence-electron chi connectivity index (χ0n) is 22.6. The van der Waals surface area contributed by atoms with Crippen molar-refractivity contribution in [2.24, 2.45) is 0 Å². The van der Waals surface area contributed by atoms with Crippen LogP contribution in [-0.2, 0) is 26.0 Å². The quantitative estimate of drug-likeness (QED) is 0.306. The topological polar surface area (TPSA) is 86.8 Å². The minimum absolute atomic E-state index is 0.0655. The first kappa shape index (κ1) is 30.2. The van der Waals surface area contributed by atoms with Crippen molar-refractivity contribution in [3.63, 3.8) is 0 Å². The zero-order valence-corrected chi connectivity index (χ0v) is 24.2. The van der Waals surface area contributed by atoms with Gasteiger partial charge in [-0.05, 0) is 67.6 Å². The molecule has 0 aromatic heterocycles. The maximum atomic E-state index is 14.0. The molecule has 0 spiro atoms. The van der Waals surface area contributed by atoms with Crippen molar-refractivity contribution in [2.75, 3.05) is 23.9 Å². The molecule has 208 valence electrons. The van der Waals surface area contributed by atoms with Crippen LogP contribution in [0.25, 0.3) is 0 Å². The largest absolute Gasteiger partial charge is 0.354 e. The van der Waals surface area contributed by atoms with E-state index >= 15 is 0 Å². The number of hydrogen-bond donors (Lipinski definition) is 1. The smallest absolute Gasteiger partial charge is 0.264 e. The van der Waals surface area contributed by atoms with Crippen LogP contribution < -0.4 is 9.62 Å². The van der Waals surface area contributed by atoms with Crippen molar-refractivity contribution < 1.29 is 18.0 Å². The lowest BCUT2D eigenvalue weighted by atomic mass is 10.1. The summed E-state index contributed by atoms with van der Waals surface area (Å²) in [5, 5.41) is 3.35. The summed E-state index contributed by atoms with van der Waals surface area (Å²) in [6.07, 6.45) is 1.68. The van der Waals surface area contributed by atoms with Gasteiger partial charge in [0, 0.05) is 18.1 Å². The number of anilines is 1.